The fourth-order valence-electron chi connectivity index (χ4n) is 2.21. The normalized spacial score (nSPS) is 16.8. The molecule has 1 aromatic heterocycles. The maximum absolute atomic E-state index is 5.69. The van der Waals surface area contributed by atoms with Crippen molar-refractivity contribution in [3.63, 3.8) is 0 Å². The van der Waals surface area contributed by atoms with Gasteiger partial charge in [-0.3, -0.25) is 0 Å². The van der Waals surface area contributed by atoms with Crippen LogP contribution in [0.5, 0.6) is 0 Å². The van der Waals surface area contributed by atoms with E-state index in [1.807, 2.05) is 24.8 Å². The quantitative estimate of drug-likeness (QED) is 0.875. The number of aryl methyl sites for hydroxylation is 1. The average molecular weight is 237 g/mol. The van der Waals surface area contributed by atoms with Gasteiger partial charge in [0.15, 0.2) is 0 Å². The molecule has 16 heavy (non-hydrogen) atoms. The van der Waals surface area contributed by atoms with E-state index in [9.17, 15) is 0 Å². The number of anilines is 1. The van der Waals surface area contributed by atoms with Gasteiger partial charge >= 0.3 is 0 Å². The summed E-state index contributed by atoms with van der Waals surface area (Å²) in [4.78, 5) is 8.63. The highest BCUT2D eigenvalue weighted by Crippen LogP contribution is 2.28. The van der Waals surface area contributed by atoms with Crippen LogP contribution in [-0.4, -0.2) is 15.7 Å². The van der Waals surface area contributed by atoms with E-state index in [-0.39, 0.29) is 0 Å². The Labute approximate surface area is 101 Å². The first-order chi connectivity index (χ1) is 7.74. The fraction of sp³-hybridized carbons (Fsp3) is 0.667. The predicted molar refractivity (Wildman–Crippen MR) is 69.3 cm³/mol. The van der Waals surface area contributed by atoms with Crippen LogP contribution in [0, 0.1) is 12.8 Å². The number of aromatic nitrogens is 2. The van der Waals surface area contributed by atoms with Crippen molar-refractivity contribution < 1.29 is 0 Å². The summed E-state index contributed by atoms with van der Waals surface area (Å²) in [6.07, 6.45) is 5.64. The molecular weight excluding hydrogens is 218 g/mol. The summed E-state index contributed by atoms with van der Waals surface area (Å²) in [6, 6.07) is 1.81. The molecule has 0 bridgehead atoms. The molecule has 0 saturated heterocycles. The first kappa shape index (κ1) is 11.7. The van der Waals surface area contributed by atoms with Gasteiger partial charge in [0.05, 0.1) is 5.75 Å². The lowest BCUT2D eigenvalue weighted by atomic mass is 10.1. The number of hydrogen-bond acceptors (Lipinski definition) is 4. The average Bonchev–Trinajstić information content (AvgIpc) is 2.69. The van der Waals surface area contributed by atoms with Gasteiger partial charge in [0.25, 0.3) is 0 Å². The van der Waals surface area contributed by atoms with E-state index in [4.69, 9.17) is 5.73 Å². The van der Waals surface area contributed by atoms with Crippen LogP contribution >= 0.6 is 11.8 Å². The molecule has 0 aromatic carbocycles. The second-order valence-electron chi connectivity index (χ2n) is 4.52. The summed E-state index contributed by atoms with van der Waals surface area (Å²) in [5, 5.41) is 0. The molecule has 2 rings (SSSR count). The number of nitrogens with zero attached hydrogens (tertiary/aromatic N) is 2. The van der Waals surface area contributed by atoms with Gasteiger partial charge in [0, 0.05) is 11.8 Å². The lowest BCUT2D eigenvalue weighted by Gasteiger charge is -2.08. The summed E-state index contributed by atoms with van der Waals surface area (Å²) in [6.45, 7) is 1.96. The van der Waals surface area contributed by atoms with Gasteiger partial charge < -0.3 is 5.73 Å². The molecular formula is C12H19N3S. The summed E-state index contributed by atoms with van der Waals surface area (Å²) in [7, 11) is 0. The minimum Gasteiger partial charge on any atom is -0.384 e. The molecule has 0 unspecified atom stereocenters. The Morgan fingerprint density at radius 1 is 1.38 bits per heavy atom. The van der Waals surface area contributed by atoms with Crippen molar-refractivity contribution in [3.05, 3.63) is 17.6 Å². The van der Waals surface area contributed by atoms with Crippen LogP contribution in [0.1, 0.15) is 37.2 Å². The molecule has 1 aliphatic rings. The van der Waals surface area contributed by atoms with Crippen molar-refractivity contribution in [2.75, 3.05) is 11.5 Å². The van der Waals surface area contributed by atoms with Gasteiger partial charge in [-0.1, -0.05) is 12.8 Å². The first-order valence-corrected chi connectivity index (χ1v) is 7.07. The van der Waals surface area contributed by atoms with Crippen molar-refractivity contribution in [2.45, 2.75) is 38.4 Å². The van der Waals surface area contributed by atoms with Crippen LogP contribution in [0.15, 0.2) is 6.07 Å². The zero-order chi connectivity index (χ0) is 11.4. The molecule has 1 aliphatic carbocycles. The maximum Gasteiger partial charge on any atom is 0.140 e. The van der Waals surface area contributed by atoms with E-state index < -0.39 is 0 Å². The van der Waals surface area contributed by atoms with Crippen LogP contribution in [0.2, 0.25) is 0 Å². The van der Waals surface area contributed by atoms with Gasteiger partial charge in [-0.05, 0) is 31.4 Å². The van der Waals surface area contributed by atoms with Gasteiger partial charge in [0.2, 0.25) is 0 Å². The predicted octanol–water partition coefficient (Wildman–Crippen LogP) is 2.79. The molecule has 4 heteroatoms. The third kappa shape index (κ3) is 3.37. The summed E-state index contributed by atoms with van der Waals surface area (Å²) < 4.78 is 0. The van der Waals surface area contributed by atoms with Gasteiger partial charge in [-0.25, -0.2) is 9.97 Å². The summed E-state index contributed by atoms with van der Waals surface area (Å²) >= 11 is 1.94. The van der Waals surface area contributed by atoms with Crippen LogP contribution in [0.25, 0.3) is 0 Å². The first-order valence-electron chi connectivity index (χ1n) is 5.92. The Morgan fingerprint density at radius 2 is 2.12 bits per heavy atom. The Kier molecular flexibility index (Phi) is 4.04. The Hall–Kier alpha value is -0.770. The Bertz CT molecular complexity index is 328. The van der Waals surface area contributed by atoms with E-state index in [2.05, 4.69) is 9.97 Å². The number of rotatable bonds is 4. The zero-order valence-corrected chi connectivity index (χ0v) is 10.6. The molecule has 88 valence electrons. The number of nitrogens with two attached hydrogens (primary N) is 1. The molecule has 0 amide bonds. The lowest BCUT2D eigenvalue weighted by Crippen LogP contribution is -2.02. The molecule has 2 N–H and O–H groups in total. The summed E-state index contributed by atoms with van der Waals surface area (Å²) in [5.74, 6) is 4.52. The van der Waals surface area contributed by atoms with E-state index in [1.54, 1.807) is 0 Å². The Morgan fingerprint density at radius 3 is 2.81 bits per heavy atom. The second kappa shape index (κ2) is 5.53. The van der Waals surface area contributed by atoms with Crippen LogP contribution < -0.4 is 5.73 Å². The molecule has 0 radical (unpaired) electrons. The van der Waals surface area contributed by atoms with E-state index >= 15 is 0 Å². The summed E-state index contributed by atoms with van der Waals surface area (Å²) in [5.41, 5.74) is 6.65. The highest BCUT2D eigenvalue weighted by Gasteiger charge is 2.14. The molecule has 0 spiro atoms. The second-order valence-corrected chi connectivity index (χ2v) is 5.55. The monoisotopic (exact) mass is 237 g/mol. The van der Waals surface area contributed by atoms with Crippen molar-refractivity contribution in [1.29, 1.82) is 0 Å². The van der Waals surface area contributed by atoms with Crippen LogP contribution in [-0.2, 0) is 5.75 Å². The molecule has 1 saturated carbocycles. The smallest absolute Gasteiger partial charge is 0.140 e. The zero-order valence-electron chi connectivity index (χ0n) is 9.78. The molecule has 1 aromatic rings. The topological polar surface area (TPSA) is 51.8 Å². The molecule has 0 aliphatic heterocycles. The SMILES string of the molecule is Cc1cc(N)nc(CSCC2CCCC2)n1. The highest BCUT2D eigenvalue weighted by molar-refractivity contribution is 7.98. The van der Waals surface area contributed by atoms with Crippen molar-refractivity contribution in [1.82, 2.24) is 9.97 Å². The molecule has 1 heterocycles. The van der Waals surface area contributed by atoms with Crippen LogP contribution in [0.4, 0.5) is 5.82 Å². The minimum absolute atomic E-state index is 0.587. The van der Waals surface area contributed by atoms with Crippen molar-refractivity contribution in [3.8, 4) is 0 Å². The molecule has 1 fully saturated rings. The fourth-order valence-corrected chi connectivity index (χ4v) is 3.31. The van der Waals surface area contributed by atoms with Gasteiger partial charge in [-0.2, -0.15) is 11.8 Å². The largest absolute Gasteiger partial charge is 0.384 e. The highest BCUT2D eigenvalue weighted by atomic mass is 32.2. The lowest BCUT2D eigenvalue weighted by molar-refractivity contribution is 0.623. The van der Waals surface area contributed by atoms with Gasteiger partial charge in [0.1, 0.15) is 11.6 Å². The van der Waals surface area contributed by atoms with E-state index in [1.165, 1.54) is 31.4 Å². The number of nitrogen functional groups attached to an aromatic ring is 1. The molecule has 0 atom stereocenters. The number of thioether (sulfide) groups is 1. The van der Waals surface area contributed by atoms with E-state index in [0.29, 0.717) is 5.82 Å². The Balaban J connectivity index is 1.80. The standard InChI is InChI=1S/C12H19N3S/c1-9-6-11(13)15-12(14-9)8-16-7-10-4-2-3-5-10/h6,10H,2-5,7-8H2,1H3,(H2,13,14,15). The number of hydrogen-bond donors (Lipinski definition) is 1. The third-order valence-corrected chi connectivity index (χ3v) is 4.15. The minimum atomic E-state index is 0.587. The van der Waals surface area contributed by atoms with Crippen molar-refractivity contribution >= 4 is 17.6 Å². The maximum atomic E-state index is 5.69. The van der Waals surface area contributed by atoms with Crippen LogP contribution in [0.3, 0.4) is 0 Å². The van der Waals surface area contributed by atoms with E-state index in [0.717, 1.165) is 23.2 Å². The van der Waals surface area contributed by atoms with Gasteiger partial charge in [-0.15, -0.1) is 0 Å². The third-order valence-electron chi connectivity index (χ3n) is 2.98. The van der Waals surface area contributed by atoms with Crippen molar-refractivity contribution in [2.24, 2.45) is 5.92 Å². The molecule has 3 nitrogen and oxygen atoms in total.